The van der Waals surface area contributed by atoms with E-state index in [-0.39, 0.29) is 5.82 Å². The minimum Gasteiger partial charge on any atom is -0.337 e. The summed E-state index contributed by atoms with van der Waals surface area (Å²) in [4.78, 5) is 3.90. The molecule has 0 atom stereocenters. The molecule has 2 rings (SSSR count). The molecule has 0 aliphatic heterocycles. The van der Waals surface area contributed by atoms with E-state index in [1.54, 1.807) is 10.7 Å². The zero-order chi connectivity index (χ0) is 10.8. The zero-order valence-electron chi connectivity index (χ0n) is 8.53. The minimum absolute atomic E-state index is 0.344. The van der Waals surface area contributed by atoms with Crippen molar-refractivity contribution in [2.75, 3.05) is 5.32 Å². The molecule has 15 heavy (non-hydrogen) atoms. The van der Waals surface area contributed by atoms with Crippen molar-refractivity contribution in [1.29, 1.82) is 0 Å². The summed E-state index contributed by atoms with van der Waals surface area (Å²) >= 11 is 0. The second kappa shape index (κ2) is 3.68. The third kappa shape index (κ3) is 2.12. The van der Waals surface area contributed by atoms with Crippen LogP contribution >= 0.6 is 0 Å². The maximum Gasteiger partial charge on any atom is 0.141 e. The third-order valence-electron chi connectivity index (χ3n) is 2.00. The summed E-state index contributed by atoms with van der Waals surface area (Å²) in [6.45, 7) is 1.89. The average Bonchev–Trinajstić information content (AvgIpc) is 2.49. The van der Waals surface area contributed by atoms with Crippen molar-refractivity contribution in [1.82, 2.24) is 14.8 Å². The van der Waals surface area contributed by atoms with Crippen molar-refractivity contribution in [3.63, 3.8) is 0 Å². The van der Waals surface area contributed by atoms with Gasteiger partial charge in [-0.15, -0.1) is 0 Å². The quantitative estimate of drug-likeness (QED) is 0.817. The summed E-state index contributed by atoms with van der Waals surface area (Å²) < 4.78 is 14.3. The standard InChI is InChI=1S/C10H11FN4/c1-7-9(6-15(2)14-7)13-10-4-3-8(11)5-12-10/h3-6H,1-2H3,(H,12,13). The Morgan fingerprint density at radius 3 is 2.73 bits per heavy atom. The molecule has 4 nitrogen and oxygen atoms in total. The van der Waals surface area contributed by atoms with Gasteiger partial charge in [0.25, 0.3) is 0 Å². The highest BCUT2D eigenvalue weighted by Gasteiger charge is 2.03. The Morgan fingerprint density at radius 1 is 1.40 bits per heavy atom. The molecule has 0 saturated carbocycles. The summed E-state index contributed by atoms with van der Waals surface area (Å²) in [6.07, 6.45) is 3.02. The van der Waals surface area contributed by atoms with E-state index in [1.807, 2.05) is 20.2 Å². The van der Waals surface area contributed by atoms with Gasteiger partial charge in [-0.05, 0) is 19.1 Å². The fraction of sp³-hybridized carbons (Fsp3) is 0.200. The molecule has 0 amide bonds. The molecule has 0 bridgehead atoms. The van der Waals surface area contributed by atoms with Crippen LogP contribution in [-0.4, -0.2) is 14.8 Å². The van der Waals surface area contributed by atoms with Gasteiger partial charge < -0.3 is 5.32 Å². The summed E-state index contributed by atoms with van der Waals surface area (Å²) in [5.74, 6) is 0.260. The lowest BCUT2D eigenvalue weighted by atomic mass is 10.4. The number of anilines is 2. The molecule has 1 N–H and O–H groups in total. The van der Waals surface area contributed by atoms with Crippen LogP contribution in [0.15, 0.2) is 24.5 Å². The Hall–Kier alpha value is -1.91. The molecule has 5 heteroatoms. The molecule has 0 aliphatic rings. The smallest absolute Gasteiger partial charge is 0.141 e. The highest BCUT2D eigenvalue weighted by Crippen LogP contribution is 2.17. The molecule has 2 aromatic heterocycles. The van der Waals surface area contributed by atoms with Crippen LogP contribution in [0.1, 0.15) is 5.69 Å². The fourth-order valence-electron chi connectivity index (χ4n) is 1.31. The predicted octanol–water partition coefficient (Wildman–Crippen LogP) is 2.01. The van der Waals surface area contributed by atoms with Crippen molar-refractivity contribution in [3.8, 4) is 0 Å². The van der Waals surface area contributed by atoms with E-state index in [1.165, 1.54) is 12.3 Å². The Labute approximate surface area is 86.8 Å². The van der Waals surface area contributed by atoms with E-state index in [2.05, 4.69) is 15.4 Å². The number of hydrogen-bond donors (Lipinski definition) is 1. The molecule has 0 unspecified atom stereocenters. The van der Waals surface area contributed by atoms with Crippen LogP contribution in [0.5, 0.6) is 0 Å². The molecule has 0 aromatic carbocycles. The number of hydrogen-bond acceptors (Lipinski definition) is 3. The number of pyridine rings is 1. The van der Waals surface area contributed by atoms with Crippen molar-refractivity contribution >= 4 is 11.5 Å². The van der Waals surface area contributed by atoms with Gasteiger partial charge >= 0.3 is 0 Å². The Bertz CT molecular complexity index is 461. The number of nitrogens with zero attached hydrogens (tertiary/aromatic N) is 3. The highest BCUT2D eigenvalue weighted by molar-refractivity contribution is 5.57. The van der Waals surface area contributed by atoms with Gasteiger partial charge in [-0.1, -0.05) is 0 Å². The lowest BCUT2D eigenvalue weighted by Gasteiger charge is -2.02. The highest BCUT2D eigenvalue weighted by atomic mass is 19.1. The number of aryl methyl sites for hydroxylation is 2. The van der Waals surface area contributed by atoms with Crippen molar-refractivity contribution < 1.29 is 4.39 Å². The molecule has 0 saturated heterocycles. The first-order valence-electron chi connectivity index (χ1n) is 4.54. The van der Waals surface area contributed by atoms with Gasteiger partial charge in [0.1, 0.15) is 11.6 Å². The Kier molecular flexibility index (Phi) is 2.37. The third-order valence-corrected chi connectivity index (χ3v) is 2.00. The SMILES string of the molecule is Cc1nn(C)cc1Nc1ccc(F)cn1. The van der Waals surface area contributed by atoms with Crippen LogP contribution < -0.4 is 5.32 Å². The van der Waals surface area contributed by atoms with Gasteiger partial charge in [0, 0.05) is 13.2 Å². The first-order chi connectivity index (χ1) is 7.15. The largest absolute Gasteiger partial charge is 0.337 e. The summed E-state index contributed by atoms with van der Waals surface area (Å²) in [6, 6.07) is 2.95. The number of halogens is 1. The van der Waals surface area contributed by atoms with Gasteiger partial charge in [0.2, 0.25) is 0 Å². The van der Waals surface area contributed by atoms with Crippen molar-refractivity contribution in [2.45, 2.75) is 6.92 Å². The van der Waals surface area contributed by atoms with Crippen LogP contribution in [0.4, 0.5) is 15.9 Å². The fourth-order valence-corrected chi connectivity index (χ4v) is 1.31. The maximum absolute atomic E-state index is 12.6. The summed E-state index contributed by atoms with van der Waals surface area (Å²) in [5.41, 5.74) is 1.75. The molecule has 0 fully saturated rings. The van der Waals surface area contributed by atoms with Gasteiger partial charge in [-0.25, -0.2) is 9.37 Å². The van der Waals surface area contributed by atoms with Crippen LogP contribution in [0.3, 0.4) is 0 Å². The zero-order valence-corrected chi connectivity index (χ0v) is 8.53. The van der Waals surface area contributed by atoms with Gasteiger partial charge in [0.05, 0.1) is 17.6 Å². The van der Waals surface area contributed by atoms with Gasteiger partial charge in [0.15, 0.2) is 0 Å². The van der Waals surface area contributed by atoms with Crippen molar-refractivity contribution in [3.05, 3.63) is 36.0 Å². The van der Waals surface area contributed by atoms with E-state index >= 15 is 0 Å². The van der Waals surface area contributed by atoms with Gasteiger partial charge in [-0.2, -0.15) is 5.10 Å². The summed E-state index contributed by atoms with van der Waals surface area (Å²) in [5, 5.41) is 7.24. The average molecular weight is 206 g/mol. The van der Waals surface area contributed by atoms with Crippen LogP contribution in [-0.2, 0) is 7.05 Å². The van der Waals surface area contributed by atoms with E-state index < -0.39 is 0 Å². The molecule has 78 valence electrons. The molecular formula is C10H11FN4. The van der Waals surface area contributed by atoms with Gasteiger partial charge in [-0.3, -0.25) is 4.68 Å². The molecule has 2 heterocycles. The van der Waals surface area contributed by atoms with Crippen LogP contribution in [0.25, 0.3) is 0 Å². The lowest BCUT2D eigenvalue weighted by molar-refractivity contribution is 0.622. The second-order valence-corrected chi connectivity index (χ2v) is 3.29. The molecule has 2 aromatic rings. The minimum atomic E-state index is -0.344. The Balaban J connectivity index is 2.21. The Morgan fingerprint density at radius 2 is 2.20 bits per heavy atom. The molecule has 0 aliphatic carbocycles. The monoisotopic (exact) mass is 206 g/mol. The topological polar surface area (TPSA) is 42.7 Å². The van der Waals surface area contributed by atoms with Crippen LogP contribution in [0, 0.1) is 12.7 Å². The van der Waals surface area contributed by atoms with E-state index in [0.29, 0.717) is 5.82 Å². The van der Waals surface area contributed by atoms with E-state index in [9.17, 15) is 4.39 Å². The lowest BCUT2D eigenvalue weighted by Crippen LogP contribution is -1.93. The molecule has 0 spiro atoms. The predicted molar refractivity (Wildman–Crippen MR) is 55.4 cm³/mol. The number of aromatic nitrogens is 3. The van der Waals surface area contributed by atoms with E-state index in [4.69, 9.17) is 0 Å². The molecule has 0 radical (unpaired) electrons. The molecular weight excluding hydrogens is 195 g/mol. The maximum atomic E-state index is 12.6. The normalized spacial score (nSPS) is 10.3. The second-order valence-electron chi connectivity index (χ2n) is 3.29. The number of rotatable bonds is 2. The summed E-state index contributed by atoms with van der Waals surface area (Å²) in [7, 11) is 1.84. The van der Waals surface area contributed by atoms with Crippen molar-refractivity contribution in [2.24, 2.45) is 7.05 Å². The first-order valence-corrected chi connectivity index (χ1v) is 4.54. The van der Waals surface area contributed by atoms with E-state index in [0.717, 1.165) is 11.4 Å². The number of nitrogens with one attached hydrogen (secondary N) is 1. The first kappa shape index (κ1) is 9.64. The van der Waals surface area contributed by atoms with Crippen LogP contribution in [0.2, 0.25) is 0 Å².